The first-order valence-electron chi connectivity index (χ1n) is 18.3. The molecule has 8 aromatic carbocycles. The van der Waals surface area contributed by atoms with Gasteiger partial charge in [-0.1, -0.05) is 114 Å². The van der Waals surface area contributed by atoms with Gasteiger partial charge in [0, 0.05) is 64.7 Å². The number of hydrogen-bond acceptors (Lipinski definition) is 1. The van der Waals surface area contributed by atoms with Gasteiger partial charge in [-0.3, -0.25) is 0 Å². The average molecular weight is 690 g/mol. The van der Waals surface area contributed by atoms with Gasteiger partial charge in [-0.15, -0.1) is 0 Å². The highest BCUT2D eigenvalue weighted by molar-refractivity contribution is 8.00. The Balaban J connectivity index is 1.20. The Bertz CT molecular complexity index is 3290. The predicted octanol–water partition coefficient (Wildman–Crippen LogP) is 10.3. The summed E-state index contributed by atoms with van der Waals surface area (Å²) in [4.78, 5) is 2.69. The molecule has 0 aliphatic carbocycles. The summed E-state index contributed by atoms with van der Waals surface area (Å²) in [5.74, 6) is 0. The molecule has 0 spiro atoms. The third-order valence-corrected chi connectivity index (χ3v) is 13.0. The van der Waals surface area contributed by atoms with E-state index in [1.165, 1.54) is 109 Å². The molecule has 11 aromatic rings. The number of para-hydroxylation sites is 4. The maximum absolute atomic E-state index is 2.56. The third kappa shape index (κ3) is 3.58. The van der Waals surface area contributed by atoms with Crippen LogP contribution in [-0.4, -0.2) is 20.4 Å². The molecule has 5 heteroatoms. The predicted molar refractivity (Wildman–Crippen MR) is 225 cm³/mol. The lowest BCUT2D eigenvalue weighted by Crippen LogP contribution is -2.58. The molecule has 0 radical (unpaired) electrons. The smallest absolute Gasteiger partial charge is 0.249 e. The van der Waals surface area contributed by atoms with Crippen LogP contribution in [0.2, 0.25) is 0 Å². The van der Waals surface area contributed by atoms with Crippen LogP contribution in [-0.2, 0) is 0 Å². The molecule has 0 unspecified atom stereocenters. The zero-order valence-corrected chi connectivity index (χ0v) is 29.3. The van der Waals surface area contributed by atoms with Crippen molar-refractivity contribution >= 4 is 100 Å². The largest absolute Gasteiger partial charge is 0.310 e. The van der Waals surface area contributed by atoms with Gasteiger partial charge in [-0.05, 0) is 83.7 Å². The van der Waals surface area contributed by atoms with Gasteiger partial charge in [0.05, 0.1) is 27.6 Å². The first kappa shape index (κ1) is 28.2. The van der Waals surface area contributed by atoms with Crippen molar-refractivity contribution in [2.45, 2.75) is 9.79 Å². The molecule has 53 heavy (non-hydrogen) atoms. The van der Waals surface area contributed by atoms with Crippen LogP contribution < -0.4 is 16.4 Å². The first-order valence-corrected chi connectivity index (χ1v) is 19.1. The fourth-order valence-corrected chi connectivity index (χ4v) is 11.0. The highest BCUT2D eigenvalue weighted by Gasteiger charge is 2.39. The fourth-order valence-electron chi connectivity index (χ4n) is 9.81. The van der Waals surface area contributed by atoms with E-state index in [0.29, 0.717) is 0 Å². The van der Waals surface area contributed by atoms with E-state index in [2.05, 4.69) is 184 Å². The molecule has 3 aromatic heterocycles. The molecule has 0 saturated heterocycles. The zero-order valence-electron chi connectivity index (χ0n) is 28.5. The van der Waals surface area contributed by atoms with Crippen molar-refractivity contribution in [1.29, 1.82) is 0 Å². The molecule has 2 aliphatic rings. The van der Waals surface area contributed by atoms with Crippen LogP contribution in [0, 0.1) is 0 Å². The van der Waals surface area contributed by atoms with Crippen LogP contribution in [0.5, 0.6) is 0 Å². The summed E-state index contributed by atoms with van der Waals surface area (Å²) in [6.07, 6.45) is 0. The Morgan fingerprint density at radius 3 is 1.55 bits per heavy atom. The Kier molecular flexibility index (Phi) is 5.39. The van der Waals surface area contributed by atoms with E-state index in [9.17, 15) is 0 Å². The van der Waals surface area contributed by atoms with E-state index in [-0.39, 0.29) is 6.71 Å². The minimum Gasteiger partial charge on any atom is -0.310 e. The standard InChI is InChI=1S/C48H28BN3S/c1-6-17-39-31(12-1)32-13-2-7-18-40(32)50(39)29-24-25-43-35(26-29)36-27-30(51-41-19-8-3-14-33(41)34-15-4-9-20-42(34)51)28-38-48(36)52(43)44-21-11-23-46-47(44)49(38)37-16-5-10-22-45(37)53-46/h1-28H. The monoisotopic (exact) mass is 689 g/mol. The number of hydrogen-bond donors (Lipinski definition) is 0. The van der Waals surface area contributed by atoms with Crippen molar-refractivity contribution in [1.82, 2.24) is 13.7 Å². The van der Waals surface area contributed by atoms with Crippen LogP contribution in [0.4, 0.5) is 0 Å². The molecular formula is C48H28BN3S. The van der Waals surface area contributed by atoms with Gasteiger partial charge >= 0.3 is 0 Å². The van der Waals surface area contributed by atoms with Gasteiger partial charge in [-0.25, -0.2) is 0 Å². The molecule has 5 heterocycles. The van der Waals surface area contributed by atoms with Crippen LogP contribution in [0.25, 0.3) is 82.5 Å². The van der Waals surface area contributed by atoms with Crippen molar-refractivity contribution in [3.8, 4) is 17.1 Å². The van der Waals surface area contributed by atoms with Crippen molar-refractivity contribution in [3.63, 3.8) is 0 Å². The second-order valence-electron chi connectivity index (χ2n) is 14.5. The Morgan fingerprint density at radius 2 is 0.887 bits per heavy atom. The van der Waals surface area contributed by atoms with E-state index >= 15 is 0 Å². The number of rotatable bonds is 2. The lowest BCUT2D eigenvalue weighted by Gasteiger charge is -2.33. The summed E-state index contributed by atoms with van der Waals surface area (Å²) in [6.45, 7) is 0.128. The molecule has 0 saturated carbocycles. The maximum Gasteiger partial charge on any atom is 0.249 e. The van der Waals surface area contributed by atoms with Crippen molar-refractivity contribution in [2.75, 3.05) is 0 Å². The minimum absolute atomic E-state index is 0.128. The molecule has 244 valence electrons. The SMILES string of the molecule is c1ccc2c(c1)Sc1cccc3c1B2c1cc(-n2c4ccccc4c4ccccc42)cc2c4cc(-n5c6ccccc6c6ccccc65)ccc4n-3c12. The van der Waals surface area contributed by atoms with Crippen LogP contribution in [0.15, 0.2) is 180 Å². The summed E-state index contributed by atoms with van der Waals surface area (Å²) < 4.78 is 7.50. The molecule has 0 N–H and O–H groups in total. The summed E-state index contributed by atoms with van der Waals surface area (Å²) >= 11 is 1.91. The van der Waals surface area contributed by atoms with Gasteiger partial charge in [0.1, 0.15) is 0 Å². The van der Waals surface area contributed by atoms with Crippen molar-refractivity contribution in [2.24, 2.45) is 0 Å². The summed E-state index contributed by atoms with van der Waals surface area (Å²) in [7, 11) is 0. The molecule has 0 bridgehead atoms. The molecular weight excluding hydrogens is 661 g/mol. The normalized spacial score (nSPS) is 13.2. The molecule has 13 rings (SSSR count). The van der Waals surface area contributed by atoms with Gasteiger partial charge in [0.25, 0.3) is 0 Å². The van der Waals surface area contributed by atoms with E-state index < -0.39 is 0 Å². The number of nitrogens with zero attached hydrogens (tertiary/aromatic N) is 3. The third-order valence-electron chi connectivity index (χ3n) is 11.9. The number of benzene rings is 8. The molecule has 0 amide bonds. The van der Waals surface area contributed by atoms with Crippen LogP contribution >= 0.6 is 11.8 Å². The van der Waals surface area contributed by atoms with E-state index in [1.807, 2.05) is 11.8 Å². The van der Waals surface area contributed by atoms with Crippen LogP contribution in [0.1, 0.15) is 0 Å². The zero-order chi connectivity index (χ0) is 34.4. The maximum atomic E-state index is 2.56. The topological polar surface area (TPSA) is 14.8 Å². The number of aromatic nitrogens is 3. The summed E-state index contributed by atoms with van der Waals surface area (Å²) in [5, 5.41) is 7.65. The Hall–Kier alpha value is -6.43. The Morgan fingerprint density at radius 1 is 0.358 bits per heavy atom. The molecule has 0 fully saturated rings. The number of fused-ring (bicyclic) bond motifs is 13. The van der Waals surface area contributed by atoms with E-state index in [1.54, 1.807) is 0 Å². The lowest BCUT2D eigenvalue weighted by atomic mass is 9.35. The quantitative estimate of drug-likeness (QED) is 0.165. The van der Waals surface area contributed by atoms with Crippen LogP contribution in [0.3, 0.4) is 0 Å². The van der Waals surface area contributed by atoms with Gasteiger partial charge < -0.3 is 13.7 Å². The molecule has 3 nitrogen and oxygen atoms in total. The first-order chi connectivity index (χ1) is 26.3. The molecule has 0 atom stereocenters. The summed E-state index contributed by atoms with van der Waals surface area (Å²) in [6, 6.07) is 63.4. The van der Waals surface area contributed by atoms with Gasteiger partial charge in [0.2, 0.25) is 6.71 Å². The Labute approximate surface area is 309 Å². The van der Waals surface area contributed by atoms with Crippen molar-refractivity contribution in [3.05, 3.63) is 170 Å². The minimum atomic E-state index is 0.128. The van der Waals surface area contributed by atoms with Gasteiger partial charge in [-0.2, -0.15) is 0 Å². The molecule has 2 aliphatic heterocycles. The second kappa shape index (κ2) is 10.1. The average Bonchev–Trinajstić information content (AvgIpc) is 3.85. The van der Waals surface area contributed by atoms with Crippen molar-refractivity contribution < 1.29 is 0 Å². The lowest BCUT2D eigenvalue weighted by molar-refractivity contribution is 1.16. The van der Waals surface area contributed by atoms with E-state index in [0.717, 1.165) is 0 Å². The van der Waals surface area contributed by atoms with Gasteiger partial charge in [0.15, 0.2) is 0 Å². The van der Waals surface area contributed by atoms with E-state index in [4.69, 9.17) is 0 Å². The highest BCUT2D eigenvalue weighted by Crippen LogP contribution is 2.42. The highest BCUT2D eigenvalue weighted by atomic mass is 32.2. The fraction of sp³-hybridized carbons (Fsp3) is 0. The summed E-state index contributed by atoms with van der Waals surface area (Å²) in [5.41, 5.74) is 15.3. The second-order valence-corrected chi connectivity index (χ2v) is 15.6.